The van der Waals surface area contributed by atoms with E-state index in [1.54, 1.807) is 7.11 Å². The van der Waals surface area contributed by atoms with Crippen molar-refractivity contribution in [2.75, 3.05) is 7.11 Å². The Morgan fingerprint density at radius 2 is 2.09 bits per heavy atom. The Balaban J connectivity index is 2.07. The zero-order valence-electron chi connectivity index (χ0n) is 13.1. The largest absolute Gasteiger partial charge is 0.480 e. The van der Waals surface area contributed by atoms with Crippen LogP contribution in [0.4, 0.5) is 0 Å². The van der Waals surface area contributed by atoms with Gasteiger partial charge in [0.1, 0.15) is 0 Å². The first kappa shape index (κ1) is 14.5. The lowest BCUT2D eigenvalue weighted by Gasteiger charge is -2.08. The Labute approximate surface area is 129 Å². The zero-order valence-corrected chi connectivity index (χ0v) is 13.1. The summed E-state index contributed by atoms with van der Waals surface area (Å²) in [6.45, 7) is 4.17. The van der Waals surface area contributed by atoms with Gasteiger partial charge in [0.05, 0.1) is 18.2 Å². The Morgan fingerprint density at radius 1 is 1.23 bits per heavy atom. The van der Waals surface area contributed by atoms with Gasteiger partial charge in [-0.1, -0.05) is 36.7 Å². The fourth-order valence-electron chi connectivity index (χ4n) is 2.44. The molecule has 1 aromatic carbocycles. The van der Waals surface area contributed by atoms with Crippen LogP contribution in [0.15, 0.2) is 28.8 Å². The van der Waals surface area contributed by atoms with Crippen LogP contribution in [-0.4, -0.2) is 22.2 Å². The molecule has 0 aliphatic heterocycles. The number of aryl methyl sites for hydroxylation is 2. The Bertz CT molecular complexity index is 796. The van der Waals surface area contributed by atoms with Gasteiger partial charge in [-0.15, -0.1) is 0 Å². The van der Waals surface area contributed by atoms with Crippen molar-refractivity contribution < 1.29 is 9.26 Å². The van der Waals surface area contributed by atoms with Gasteiger partial charge < -0.3 is 9.26 Å². The first-order valence-corrected chi connectivity index (χ1v) is 7.50. The van der Waals surface area contributed by atoms with E-state index < -0.39 is 0 Å². The van der Waals surface area contributed by atoms with E-state index in [0.29, 0.717) is 17.6 Å². The predicted molar refractivity (Wildman–Crippen MR) is 84.9 cm³/mol. The van der Waals surface area contributed by atoms with Crippen LogP contribution in [0.1, 0.15) is 31.2 Å². The highest BCUT2D eigenvalue weighted by atomic mass is 16.5. The Morgan fingerprint density at radius 3 is 2.86 bits per heavy atom. The van der Waals surface area contributed by atoms with Crippen LogP contribution in [0.25, 0.3) is 22.3 Å². The molecule has 0 spiro atoms. The van der Waals surface area contributed by atoms with E-state index in [2.05, 4.69) is 22.0 Å². The number of ether oxygens (including phenoxy) is 1. The third kappa shape index (κ3) is 2.66. The number of para-hydroxylation sites is 1. The van der Waals surface area contributed by atoms with Crippen molar-refractivity contribution >= 4 is 10.9 Å². The number of pyridine rings is 1. The molecule has 0 saturated carbocycles. The molecule has 3 aromatic rings. The van der Waals surface area contributed by atoms with Gasteiger partial charge in [0.2, 0.25) is 17.6 Å². The van der Waals surface area contributed by atoms with Gasteiger partial charge in [0.25, 0.3) is 0 Å². The minimum atomic E-state index is 0.518. The van der Waals surface area contributed by atoms with E-state index in [0.717, 1.165) is 41.3 Å². The minimum absolute atomic E-state index is 0.518. The number of nitrogens with zero attached hydrogens (tertiary/aromatic N) is 3. The van der Waals surface area contributed by atoms with Crippen molar-refractivity contribution in [1.29, 1.82) is 0 Å². The summed E-state index contributed by atoms with van der Waals surface area (Å²) in [5, 5.41) is 5.11. The molecule has 0 saturated heterocycles. The predicted octanol–water partition coefficient (Wildman–Crippen LogP) is 3.94. The van der Waals surface area contributed by atoms with E-state index in [-0.39, 0.29) is 0 Å². The van der Waals surface area contributed by atoms with Crippen LogP contribution in [0, 0.1) is 6.92 Å². The second kappa shape index (κ2) is 6.13. The maximum Gasteiger partial charge on any atom is 0.226 e. The lowest BCUT2D eigenvalue weighted by atomic mass is 10.1. The molecular weight excluding hydrogens is 278 g/mol. The topological polar surface area (TPSA) is 61.0 Å². The molecule has 0 aliphatic rings. The number of hydrogen-bond acceptors (Lipinski definition) is 5. The molecule has 3 rings (SSSR count). The second-order valence-corrected chi connectivity index (χ2v) is 5.31. The maximum atomic E-state index is 5.42. The van der Waals surface area contributed by atoms with Crippen LogP contribution in [-0.2, 0) is 6.42 Å². The third-order valence-electron chi connectivity index (χ3n) is 3.66. The highest BCUT2D eigenvalue weighted by Crippen LogP contribution is 2.30. The van der Waals surface area contributed by atoms with Crippen molar-refractivity contribution in [3.63, 3.8) is 0 Å². The van der Waals surface area contributed by atoms with Gasteiger partial charge >= 0.3 is 0 Å². The first-order chi connectivity index (χ1) is 10.7. The van der Waals surface area contributed by atoms with Crippen molar-refractivity contribution in [2.24, 2.45) is 0 Å². The monoisotopic (exact) mass is 297 g/mol. The summed E-state index contributed by atoms with van der Waals surface area (Å²) >= 11 is 0. The number of benzene rings is 1. The molecule has 0 amide bonds. The molecular formula is C17H19N3O2. The first-order valence-electron chi connectivity index (χ1n) is 7.50. The Hall–Kier alpha value is -2.43. The summed E-state index contributed by atoms with van der Waals surface area (Å²) in [5.41, 5.74) is 2.80. The summed E-state index contributed by atoms with van der Waals surface area (Å²) in [6, 6.07) is 8.07. The van der Waals surface area contributed by atoms with Gasteiger partial charge in [-0.05, 0) is 25.0 Å². The fourth-order valence-corrected chi connectivity index (χ4v) is 2.44. The molecule has 0 unspecified atom stereocenters. The molecule has 2 heterocycles. The summed E-state index contributed by atoms with van der Waals surface area (Å²) < 4.78 is 10.7. The molecule has 5 nitrogen and oxygen atoms in total. The normalized spacial score (nSPS) is 11.0. The van der Waals surface area contributed by atoms with Crippen molar-refractivity contribution in [2.45, 2.75) is 33.1 Å². The summed E-state index contributed by atoms with van der Waals surface area (Å²) in [7, 11) is 1.61. The van der Waals surface area contributed by atoms with E-state index in [9.17, 15) is 0 Å². The van der Waals surface area contributed by atoms with Crippen LogP contribution in [0.2, 0.25) is 0 Å². The number of rotatable bonds is 5. The molecule has 2 aromatic heterocycles. The molecule has 114 valence electrons. The smallest absolute Gasteiger partial charge is 0.226 e. The van der Waals surface area contributed by atoms with Crippen LogP contribution < -0.4 is 4.74 Å². The van der Waals surface area contributed by atoms with E-state index in [1.807, 2.05) is 31.2 Å². The number of aromatic nitrogens is 3. The van der Waals surface area contributed by atoms with Gasteiger partial charge in [-0.25, -0.2) is 4.98 Å². The van der Waals surface area contributed by atoms with E-state index >= 15 is 0 Å². The second-order valence-electron chi connectivity index (χ2n) is 5.31. The van der Waals surface area contributed by atoms with E-state index in [1.165, 1.54) is 0 Å². The van der Waals surface area contributed by atoms with Gasteiger partial charge in [0, 0.05) is 11.8 Å². The third-order valence-corrected chi connectivity index (χ3v) is 3.66. The molecule has 0 radical (unpaired) electrons. The van der Waals surface area contributed by atoms with Gasteiger partial charge in [-0.2, -0.15) is 4.98 Å². The number of unbranched alkanes of at least 4 members (excludes halogenated alkanes) is 1. The summed E-state index contributed by atoms with van der Waals surface area (Å²) in [5.74, 6) is 1.70. The van der Waals surface area contributed by atoms with Gasteiger partial charge in [-0.3, -0.25) is 0 Å². The highest BCUT2D eigenvalue weighted by molar-refractivity contribution is 5.87. The zero-order chi connectivity index (χ0) is 15.5. The van der Waals surface area contributed by atoms with Crippen molar-refractivity contribution in [3.8, 4) is 17.3 Å². The molecule has 0 fully saturated rings. The molecule has 0 atom stereocenters. The average molecular weight is 297 g/mol. The molecule has 0 bridgehead atoms. The van der Waals surface area contributed by atoms with Crippen LogP contribution in [0.5, 0.6) is 5.88 Å². The summed E-state index contributed by atoms with van der Waals surface area (Å²) in [4.78, 5) is 9.06. The standard InChI is InChI=1S/C17H19N3O2/c1-4-5-9-14-18-16(20-22-14)13-10-12-8-6-7-11(2)15(12)19-17(13)21-3/h6-8,10H,4-5,9H2,1-3H3. The quantitative estimate of drug-likeness (QED) is 0.713. The number of methoxy groups -OCH3 is 1. The van der Waals surface area contributed by atoms with Crippen LogP contribution >= 0.6 is 0 Å². The molecule has 22 heavy (non-hydrogen) atoms. The SMILES string of the molecule is CCCCc1nc(-c2cc3cccc(C)c3nc2OC)no1. The number of fused-ring (bicyclic) bond motifs is 1. The average Bonchev–Trinajstić information content (AvgIpc) is 3.01. The maximum absolute atomic E-state index is 5.42. The minimum Gasteiger partial charge on any atom is -0.480 e. The highest BCUT2D eigenvalue weighted by Gasteiger charge is 2.16. The lowest BCUT2D eigenvalue weighted by Crippen LogP contribution is -1.95. The fraction of sp³-hybridized carbons (Fsp3) is 0.353. The van der Waals surface area contributed by atoms with E-state index in [4.69, 9.17) is 9.26 Å². The lowest BCUT2D eigenvalue weighted by molar-refractivity contribution is 0.374. The molecule has 5 heteroatoms. The Kier molecular flexibility index (Phi) is 4.04. The number of hydrogen-bond donors (Lipinski definition) is 0. The molecule has 0 N–H and O–H groups in total. The summed E-state index contributed by atoms with van der Waals surface area (Å²) in [6.07, 6.45) is 2.93. The van der Waals surface area contributed by atoms with Crippen LogP contribution in [0.3, 0.4) is 0 Å². The van der Waals surface area contributed by atoms with Gasteiger partial charge in [0.15, 0.2) is 0 Å². The molecule has 0 aliphatic carbocycles. The van der Waals surface area contributed by atoms with Crippen molar-refractivity contribution in [3.05, 3.63) is 35.7 Å². The van der Waals surface area contributed by atoms with Crippen molar-refractivity contribution in [1.82, 2.24) is 15.1 Å².